The minimum atomic E-state index is 0.136. The van der Waals surface area contributed by atoms with E-state index in [1.165, 1.54) is 31.2 Å². The van der Waals surface area contributed by atoms with Crippen LogP contribution in [0.3, 0.4) is 0 Å². The van der Waals surface area contributed by atoms with E-state index in [-0.39, 0.29) is 5.41 Å². The van der Waals surface area contributed by atoms with Gasteiger partial charge >= 0.3 is 0 Å². The van der Waals surface area contributed by atoms with Crippen molar-refractivity contribution >= 4 is 34.7 Å². The Hall–Kier alpha value is -1.65. The zero-order chi connectivity index (χ0) is 17.0. The Labute approximate surface area is 153 Å². The lowest BCUT2D eigenvalue weighted by atomic mass is 9.79. The second-order valence-electron chi connectivity index (χ2n) is 6.52. The lowest BCUT2D eigenvalue weighted by Gasteiger charge is -2.30. The van der Waals surface area contributed by atoms with Crippen LogP contribution in [0.25, 0.3) is 0 Å². The van der Waals surface area contributed by atoms with Crippen molar-refractivity contribution in [2.75, 3.05) is 11.9 Å². The van der Waals surface area contributed by atoms with E-state index >= 15 is 0 Å². The first-order chi connectivity index (χ1) is 11.6. The molecule has 0 amide bonds. The summed E-state index contributed by atoms with van der Waals surface area (Å²) >= 11 is 11.5. The summed E-state index contributed by atoms with van der Waals surface area (Å²) in [6.07, 6.45) is 6.69. The Kier molecular flexibility index (Phi) is 5.36. The Morgan fingerprint density at radius 3 is 2.50 bits per heavy atom. The van der Waals surface area contributed by atoms with Gasteiger partial charge in [0, 0.05) is 23.2 Å². The van der Waals surface area contributed by atoms with Crippen molar-refractivity contribution in [1.82, 2.24) is 10.3 Å². The van der Waals surface area contributed by atoms with Crippen LogP contribution in [-0.4, -0.2) is 16.6 Å². The van der Waals surface area contributed by atoms with Crippen molar-refractivity contribution < 1.29 is 0 Å². The maximum atomic E-state index is 6.04. The Morgan fingerprint density at radius 2 is 1.88 bits per heavy atom. The van der Waals surface area contributed by atoms with E-state index in [2.05, 4.69) is 27.8 Å². The number of aryl methyl sites for hydroxylation is 1. The van der Waals surface area contributed by atoms with Gasteiger partial charge in [-0.3, -0.25) is 0 Å². The molecule has 3 rings (SSSR count). The molecule has 24 heavy (non-hydrogen) atoms. The Bertz CT molecular complexity index is 692. The van der Waals surface area contributed by atoms with Crippen LogP contribution >= 0.6 is 23.8 Å². The highest BCUT2D eigenvalue weighted by molar-refractivity contribution is 7.80. The maximum absolute atomic E-state index is 6.04. The fraction of sp³-hybridized carbons (Fsp3) is 0.368. The van der Waals surface area contributed by atoms with Gasteiger partial charge in [-0.2, -0.15) is 0 Å². The molecule has 0 radical (unpaired) electrons. The maximum Gasteiger partial charge on any atom is 0.171 e. The summed E-state index contributed by atoms with van der Waals surface area (Å²) in [6, 6.07) is 12.2. The number of anilines is 1. The topological polar surface area (TPSA) is 37.0 Å². The van der Waals surface area contributed by atoms with Crippen molar-refractivity contribution in [1.29, 1.82) is 0 Å². The van der Waals surface area contributed by atoms with Gasteiger partial charge in [0.15, 0.2) is 5.11 Å². The van der Waals surface area contributed by atoms with Gasteiger partial charge < -0.3 is 10.6 Å². The van der Waals surface area contributed by atoms with Crippen LogP contribution in [0.1, 0.15) is 36.8 Å². The lowest BCUT2D eigenvalue weighted by molar-refractivity contribution is 0.435. The summed E-state index contributed by atoms with van der Waals surface area (Å²) in [7, 11) is 0. The van der Waals surface area contributed by atoms with E-state index in [0.717, 1.165) is 22.9 Å². The predicted octanol–water partition coefficient (Wildman–Crippen LogP) is 4.84. The van der Waals surface area contributed by atoms with Crippen LogP contribution in [0.2, 0.25) is 5.02 Å². The third kappa shape index (κ3) is 4.05. The second kappa shape index (κ2) is 7.49. The van der Waals surface area contributed by atoms with Crippen LogP contribution in [0.15, 0.2) is 42.6 Å². The number of thiocarbonyl (C=S) groups is 1. The summed E-state index contributed by atoms with van der Waals surface area (Å²) in [4.78, 5) is 4.33. The molecule has 1 heterocycles. The summed E-state index contributed by atoms with van der Waals surface area (Å²) in [5, 5.41) is 7.95. The minimum Gasteiger partial charge on any atom is -0.362 e. The molecule has 0 atom stereocenters. The second-order valence-corrected chi connectivity index (χ2v) is 7.37. The van der Waals surface area contributed by atoms with Gasteiger partial charge in [-0.25, -0.2) is 4.98 Å². The molecule has 1 aromatic heterocycles. The van der Waals surface area contributed by atoms with E-state index in [1.54, 1.807) is 0 Å². The van der Waals surface area contributed by atoms with E-state index < -0.39 is 0 Å². The van der Waals surface area contributed by atoms with Crippen molar-refractivity contribution in [3.05, 3.63) is 58.7 Å². The normalized spacial score (nSPS) is 15.9. The summed E-state index contributed by atoms with van der Waals surface area (Å²) in [6.45, 7) is 2.84. The highest BCUT2D eigenvalue weighted by atomic mass is 35.5. The van der Waals surface area contributed by atoms with Gasteiger partial charge in [-0.1, -0.05) is 42.6 Å². The van der Waals surface area contributed by atoms with Crippen molar-refractivity contribution in [2.24, 2.45) is 0 Å². The third-order valence-electron chi connectivity index (χ3n) is 4.76. The minimum absolute atomic E-state index is 0.136. The first kappa shape index (κ1) is 17.2. The number of hydrogen-bond acceptors (Lipinski definition) is 2. The average molecular weight is 360 g/mol. The van der Waals surface area contributed by atoms with Gasteiger partial charge in [0.2, 0.25) is 0 Å². The van der Waals surface area contributed by atoms with Gasteiger partial charge in [-0.05, 0) is 61.3 Å². The predicted molar refractivity (Wildman–Crippen MR) is 105 cm³/mol. The Balaban J connectivity index is 1.65. The fourth-order valence-electron chi connectivity index (χ4n) is 3.37. The molecular formula is C19H22ClN3S. The molecule has 1 saturated carbocycles. The van der Waals surface area contributed by atoms with Crippen LogP contribution in [0, 0.1) is 6.92 Å². The zero-order valence-corrected chi connectivity index (χ0v) is 15.4. The summed E-state index contributed by atoms with van der Waals surface area (Å²) in [5.41, 5.74) is 2.61. The standard InChI is InChI=1S/C19H22ClN3S/c1-14-4-9-17(21-12-14)23-18(24)22-13-19(10-2-3-11-19)15-5-7-16(20)8-6-15/h4-9,12H,2-3,10-11,13H2,1H3,(H2,21,22,23,24). The molecule has 2 N–H and O–H groups in total. The molecular weight excluding hydrogens is 338 g/mol. The molecule has 5 heteroatoms. The molecule has 1 fully saturated rings. The summed E-state index contributed by atoms with van der Waals surface area (Å²) in [5.74, 6) is 0.769. The van der Waals surface area contributed by atoms with Crippen LogP contribution in [-0.2, 0) is 5.41 Å². The van der Waals surface area contributed by atoms with Crippen molar-refractivity contribution in [3.8, 4) is 0 Å². The van der Waals surface area contributed by atoms with E-state index in [1.807, 2.05) is 37.4 Å². The molecule has 0 aliphatic heterocycles. The highest BCUT2D eigenvalue weighted by Crippen LogP contribution is 2.40. The largest absolute Gasteiger partial charge is 0.362 e. The average Bonchev–Trinajstić information content (AvgIpc) is 3.06. The highest BCUT2D eigenvalue weighted by Gasteiger charge is 2.35. The molecule has 0 spiro atoms. The first-order valence-corrected chi connectivity index (χ1v) is 9.10. The zero-order valence-electron chi connectivity index (χ0n) is 13.8. The molecule has 0 unspecified atom stereocenters. The number of nitrogens with one attached hydrogen (secondary N) is 2. The van der Waals surface area contributed by atoms with Gasteiger partial charge in [0.25, 0.3) is 0 Å². The number of aromatic nitrogens is 1. The molecule has 126 valence electrons. The number of nitrogens with zero attached hydrogens (tertiary/aromatic N) is 1. The molecule has 0 bridgehead atoms. The van der Waals surface area contributed by atoms with Gasteiger partial charge in [0.05, 0.1) is 0 Å². The number of hydrogen-bond donors (Lipinski definition) is 2. The molecule has 0 saturated heterocycles. The van der Waals surface area contributed by atoms with E-state index in [9.17, 15) is 0 Å². The molecule has 1 aromatic carbocycles. The van der Waals surface area contributed by atoms with E-state index in [4.69, 9.17) is 23.8 Å². The lowest BCUT2D eigenvalue weighted by Crippen LogP contribution is -2.40. The van der Waals surface area contributed by atoms with Crippen LogP contribution in [0.4, 0.5) is 5.82 Å². The number of benzene rings is 1. The van der Waals surface area contributed by atoms with Gasteiger partial charge in [0.1, 0.15) is 5.82 Å². The SMILES string of the molecule is Cc1ccc(NC(=S)NCC2(c3ccc(Cl)cc3)CCCC2)nc1. The van der Waals surface area contributed by atoms with Crippen LogP contribution < -0.4 is 10.6 Å². The summed E-state index contributed by atoms with van der Waals surface area (Å²) < 4.78 is 0. The number of halogens is 1. The quantitative estimate of drug-likeness (QED) is 0.766. The third-order valence-corrected chi connectivity index (χ3v) is 5.26. The smallest absolute Gasteiger partial charge is 0.171 e. The fourth-order valence-corrected chi connectivity index (χ4v) is 3.68. The first-order valence-electron chi connectivity index (χ1n) is 8.31. The van der Waals surface area contributed by atoms with Crippen LogP contribution in [0.5, 0.6) is 0 Å². The molecule has 1 aliphatic carbocycles. The van der Waals surface area contributed by atoms with Crippen molar-refractivity contribution in [2.45, 2.75) is 38.0 Å². The molecule has 2 aromatic rings. The van der Waals surface area contributed by atoms with Crippen molar-refractivity contribution in [3.63, 3.8) is 0 Å². The van der Waals surface area contributed by atoms with Gasteiger partial charge in [-0.15, -0.1) is 0 Å². The molecule has 3 nitrogen and oxygen atoms in total. The number of pyridine rings is 1. The Morgan fingerprint density at radius 1 is 1.17 bits per heavy atom. The van der Waals surface area contributed by atoms with E-state index in [0.29, 0.717) is 5.11 Å². The number of rotatable bonds is 4. The molecule has 1 aliphatic rings. The monoisotopic (exact) mass is 359 g/mol.